The maximum atomic E-state index is 2.57. The predicted molar refractivity (Wildman–Crippen MR) is 232 cm³/mol. The first-order valence-electron chi connectivity index (χ1n) is 19.0. The van der Waals surface area contributed by atoms with E-state index in [9.17, 15) is 0 Å². The zero-order chi connectivity index (χ0) is 36.3. The van der Waals surface area contributed by atoms with Gasteiger partial charge in [0.2, 0.25) is 0 Å². The highest BCUT2D eigenvalue weighted by molar-refractivity contribution is 7.25. The maximum absolute atomic E-state index is 2.57. The van der Waals surface area contributed by atoms with Gasteiger partial charge in [0.1, 0.15) is 0 Å². The fourth-order valence-electron chi connectivity index (χ4n) is 9.85. The summed E-state index contributed by atoms with van der Waals surface area (Å²) in [6, 6.07) is 61.5. The molecule has 8 aromatic carbocycles. The molecule has 0 aliphatic heterocycles. The Bertz CT molecular complexity index is 3000. The van der Waals surface area contributed by atoms with Crippen molar-refractivity contribution in [2.24, 2.45) is 0 Å². The van der Waals surface area contributed by atoms with E-state index in [0.29, 0.717) is 0 Å². The maximum Gasteiger partial charge on any atom is 0.0549 e. The molecule has 0 bridgehead atoms. The molecule has 2 heteroatoms. The fourth-order valence-corrected chi connectivity index (χ4v) is 11.0. The number of nitrogens with zero attached hydrogens (tertiary/aromatic N) is 1. The van der Waals surface area contributed by atoms with Crippen LogP contribution in [0.15, 0.2) is 164 Å². The summed E-state index contributed by atoms with van der Waals surface area (Å²) in [5.74, 6) is 0. The molecular formula is C52H39NS. The van der Waals surface area contributed by atoms with E-state index in [1.165, 1.54) is 98.0 Å². The van der Waals surface area contributed by atoms with Gasteiger partial charge in [-0.3, -0.25) is 0 Å². The van der Waals surface area contributed by atoms with Crippen LogP contribution in [0, 0.1) is 0 Å². The van der Waals surface area contributed by atoms with Gasteiger partial charge in [0.05, 0.1) is 11.4 Å². The molecule has 1 nitrogen and oxygen atoms in total. The summed E-state index contributed by atoms with van der Waals surface area (Å²) in [6.45, 7) is 9.56. The minimum absolute atomic E-state index is 0.109. The van der Waals surface area contributed by atoms with Crippen LogP contribution in [0.5, 0.6) is 0 Å². The molecule has 9 aromatic rings. The highest BCUT2D eigenvalue weighted by Crippen LogP contribution is 2.59. The van der Waals surface area contributed by atoms with Crippen LogP contribution in [0.2, 0.25) is 0 Å². The highest BCUT2D eigenvalue weighted by atomic mass is 32.1. The lowest BCUT2D eigenvalue weighted by atomic mass is 9.80. The number of hydrogen-bond acceptors (Lipinski definition) is 2. The Hall–Kier alpha value is -5.96. The minimum atomic E-state index is -0.157. The summed E-state index contributed by atoms with van der Waals surface area (Å²) in [7, 11) is 0. The predicted octanol–water partition coefficient (Wildman–Crippen LogP) is 15.0. The van der Waals surface area contributed by atoms with Crippen molar-refractivity contribution in [3.63, 3.8) is 0 Å². The molecule has 11 rings (SSSR count). The minimum Gasteiger partial charge on any atom is -0.309 e. The molecule has 0 atom stereocenters. The van der Waals surface area contributed by atoms with Crippen molar-refractivity contribution in [2.45, 2.75) is 38.5 Å². The van der Waals surface area contributed by atoms with E-state index in [1.54, 1.807) is 0 Å². The lowest BCUT2D eigenvalue weighted by Crippen LogP contribution is -2.17. The quantitative estimate of drug-likeness (QED) is 0.176. The number of fused-ring (bicyclic) bond motifs is 11. The van der Waals surface area contributed by atoms with Crippen LogP contribution in [-0.2, 0) is 10.8 Å². The molecule has 258 valence electrons. The molecule has 54 heavy (non-hydrogen) atoms. The number of anilines is 3. The van der Waals surface area contributed by atoms with Crippen molar-refractivity contribution in [1.29, 1.82) is 0 Å². The molecule has 0 N–H and O–H groups in total. The van der Waals surface area contributed by atoms with Crippen molar-refractivity contribution in [3.8, 4) is 33.4 Å². The van der Waals surface area contributed by atoms with E-state index in [4.69, 9.17) is 0 Å². The van der Waals surface area contributed by atoms with Gasteiger partial charge in [-0.25, -0.2) is 0 Å². The van der Waals surface area contributed by atoms with Gasteiger partial charge in [-0.05, 0) is 91.7 Å². The van der Waals surface area contributed by atoms with Crippen LogP contribution >= 0.6 is 11.3 Å². The molecule has 0 spiro atoms. The SMILES string of the molecule is CC1(C)c2ccccc2-c2c(N(c3ccc(-c4ccc5c(c4)sc4ccccc45)cc3)c3cc4ccccc4c4c3-c3ccccc3C4(C)C)cccc21. The van der Waals surface area contributed by atoms with Crippen molar-refractivity contribution in [1.82, 2.24) is 0 Å². The van der Waals surface area contributed by atoms with Gasteiger partial charge in [-0.2, -0.15) is 0 Å². The monoisotopic (exact) mass is 709 g/mol. The van der Waals surface area contributed by atoms with Gasteiger partial charge in [-0.1, -0.05) is 155 Å². The Labute approximate surface area is 320 Å². The normalized spacial score (nSPS) is 14.6. The van der Waals surface area contributed by atoms with Crippen molar-refractivity contribution in [2.75, 3.05) is 4.90 Å². The van der Waals surface area contributed by atoms with Gasteiger partial charge >= 0.3 is 0 Å². The summed E-state index contributed by atoms with van der Waals surface area (Å²) in [5.41, 5.74) is 16.6. The van der Waals surface area contributed by atoms with Gasteiger partial charge in [0, 0.05) is 47.8 Å². The zero-order valence-corrected chi connectivity index (χ0v) is 31.8. The Kier molecular flexibility index (Phi) is 6.59. The molecule has 0 saturated carbocycles. The average molecular weight is 710 g/mol. The highest BCUT2D eigenvalue weighted by Gasteiger charge is 2.41. The Morgan fingerprint density at radius 3 is 1.83 bits per heavy atom. The topological polar surface area (TPSA) is 3.24 Å². The lowest BCUT2D eigenvalue weighted by molar-refractivity contribution is 0.660. The molecule has 1 aromatic heterocycles. The summed E-state index contributed by atoms with van der Waals surface area (Å²) >= 11 is 1.88. The van der Waals surface area contributed by atoms with Crippen LogP contribution < -0.4 is 4.90 Å². The molecule has 2 aliphatic carbocycles. The summed E-state index contributed by atoms with van der Waals surface area (Å²) in [4.78, 5) is 2.57. The molecule has 2 aliphatic rings. The van der Waals surface area contributed by atoms with E-state index in [-0.39, 0.29) is 10.8 Å². The first-order valence-corrected chi connectivity index (χ1v) is 19.8. The van der Waals surface area contributed by atoms with Crippen LogP contribution in [0.25, 0.3) is 64.3 Å². The second-order valence-electron chi connectivity index (χ2n) is 16.1. The van der Waals surface area contributed by atoms with Crippen LogP contribution in [0.3, 0.4) is 0 Å². The van der Waals surface area contributed by atoms with Crippen LogP contribution in [-0.4, -0.2) is 0 Å². The van der Waals surface area contributed by atoms with Gasteiger partial charge in [0.25, 0.3) is 0 Å². The first-order chi connectivity index (χ1) is 26.3. The number of benzene rings is 8. The third-order valence-corrected chi connectivity index (χ3v) is 13.6. The number of thiophene rings is 1. The van der Waals surface area contributed by atoms with E-state index in [0.717, 1.165) is 5.69 Å². The standard InChI is InChI=1S/C52H39NS/c1-51(2)41-19-10-7-17-39(41)48-43(51)21-13-22-44(48)53(35-27-24-32(25-28-35)33-26-29-38-37-16-9-12-23-46(37)54-47(38)31-33)45-30-34-14-5-6-15-36(34)50-49(45)40-18-8-11-20-42(40)52(50,3)4/h5-31H,1-4H3. The van der Waals surface area contributed by atoms with E-state index in [1.807, 2.05) is 11.3 Å². The smallest absolute Gasteiger partial charge is 0.0549 e. The van der Waals surface area contributed by atoms with Gasteiger partial charge < -0.3 is 4.90 Å². The van der Waals surface area contributed by atoms with Crippen molar-refractivity contribution >= 4 is 59.3 Å². The third-order valence-electron chi connectivity index (χ3n) is 12.4. The molecule has 0 amide bonds. The second-order valence-corrected chi connectivity index (χ2v) is 17.2. The van der Waals surface area contributed by atoms with E-state index in [2.05, 4.69) is 196 Å². The molecule has 0 saturated heterocycles. The van der Waals surface area contributed by atoms with Crippen LogP contribution in [0.4, 0.5) is 17.1 Å². The van der Waals surface area contributed by atoms with Gasteiger partial charge in [0.15, 0.2) is 0 Å². The third kappa shape index (κ3) is 4.32. The molecule has 0 fully saturated rings. The molecule has 0 radical (unpaired) electrons. The molecular weight excluding hydrogens is 671 g/mol. The van der Waals surface area contributed by atoms with Crippen LogP contribution in [0.1, 0.15) is 49.9 Å². The van der Waals surface area contributed by atoms with E-state index < -0.39 is 0 Å². The number of hydrogen-bond donors (Lipinski definition) is 0. The first kappa shape index (κ1) is 31.6. The largest absolute Gasteiger partial charge is 0.309 e. The zero-order valence-electron chi connectivity index (χ0n) is 30.9. The summed E-state index contributed by atoms with van der Waals surface area (Å²) in [5, 5.41) is 5.26. The van der Waals surface area contributed by atoms with Gasteiger partial charge in [-0.15, -0.1) is 11.3 Å². The Balaban J connectivity index is 1.17. The number of rotatable bonds is 4. The average Bonchev–Trinajstić information content (AvgIpc) is 3.78. The lowest BCUT2D eigenvalue weighted by Gasteiger charge is -2.32. The molecule has 0 unspecified atom stereocenters. The fraction of sp³-hybridized carbons (Fsp3) is 0.115. The molecule has 1 heterocycles. The van der Waals surface area contributed by atoms with E-state index >= 15 is 0 Å². The van der Waals surface area contributed by atoms with Crippen molar-refractivity contribution < 1.29 is 0 Å². The Morgan fingerprint density at radius 1 is 0.426 bits per heavy atom. The summed E-state index contributed by atoms with van der Waals surface area (Å²) < 4.78 is 2.66. The Morgan fingerprint density at radius 2 is 1.04 bits per heavy atom. The van der Waals surface area contributed by atoms with Crippen molar-refractivity contribution in [3.05, 3.63) is 186 Å². The second kappa shape index (κ2) is 11.3. The summed E-state index contributed by atoms with van der Waals surface area (Å²) in [6.07, 6.45) is 0.